The number of rotatable bonds is 2. The third-order valence-electron chi connectivity index (χ3n) is 4.48. The number of aromatic hydroxyl groups is 2. The van der Waals surface area contributed by atoms with E-state index in [0.717, 1.165) is 19.2 Å². The lowest BCUT2D eigenvalue weighted by atomic mass is 9.95. The van der Waals surface area contributed by atoms with Crippen LogP contribution in [0.3, 0.4) is 0 Å². The van der Waals surface area contributed by atoms with Crippen LogP contribution in [0.15, 0.2) is 36.4 Å². The Bertz CT molecular complexity index is 1140. The number of aromatic nitrogens is 2. The third kappa shape index (κ3) is 4.32. The molecule has 1 aromatic heterocycles. The second kappa shape index (κ2) is 7.35. The van der Waals surface area contributed by atoms with Gasteiger partial charge in [0.25, 0.3) is 0 Å². The van der Waals surface area contributed by atoms with Gasteiger partial charge in [0, 0.05) is 12.6 Å². The topological polar surface area (TPSA) is 58.3 Å². The highest BCUT2D eigenvalue weighted by molar-refractivity contribution is 5.85. The lowest BCUT2D eigenvalue weighted by Crippen LogP contribution is -2.11. The minimum atomic E-state index is -5.19. The zero-order chi connectivity index (χ0) is 24.2. The number of halogens is 9. The Balaban J connectivity index is 2.27. The number of hydrogen-bond donors (Lipinski definition) is 2. The molecule has 172 valence electrons. The van der Waals surface area contributed by atoms with Crippen LogP contribution in [-0.4, -0.2) is 20.0 Å². The van der Waals surface area contributed by atoms with Crippen LogP contribution in [0, 0.1) is 0 Å². The molecule has 0 saturated carbocycles. The van der Waals surface area contributed by atoms with Crippen LogP contribution in [0.4, 0.5) is 39.5 Å². The molecule has 0 aliphatic rings. The van der Waals surface area contributed by atoms with E-state index in [0.29, 0.717) is 10.7 Å². The molecule has 32 heavy (non-hydrogen) atoms. The normalized spacial score (nSPS) is 12.9. The lowest BCUT2D eigenvalue weighted by Gasteiger charge is -2.16. The monoisotopic (exact) mass is 470 g/mol. The van der Waals surface area contributed by atoms with Gasteiger partial charge in [0.1, 0.15) is 17.2 Å². The fraction of sp³-hybridized carbons (Fsp3) is 0.211. The number of hydrogen-bond acceptors (Lipinski definition) is 3. The van der Waals surface area contributed by atoms with E-state index in [2.05, 4.69) is 5.10 Å². The smallest absolute Gasteiger partial charge is 0.433 e. The minimum absolute atomic E-state index is 0.143. The first-order valence-corrected chi connectivity index (χ1v) is 8.46. The van der Waals surface area contributed by atoms with Gasteiger partial charge in [-0.25, -0.2) is 0 Å². The fourth-order valence-corrected chi connectivity index (χ4v) is 3.04. The molecule has 3 aromatic rings. The Kier molecular flexibility index (Phi) is 5.35. The van der Waals surface area contributed by atoms with E-state index in [-0.39, 0.29) is 18.2 Å². The van der Waals surface area contributed by atoms with E-state index >= 15 is 0 Å². The molecule has 3 rings (SSSR count). The van der Waals surface area contributed by atoms with Gasteiger partial charge < -0.3 is 10.2 Å². The second-order valence-electron chi connectivity index (χ2n) is 6.69. The highest BCUT2D eigenvalue weighted by Gasteiger charge is 2.38. The van der Waals surface area contributed by atoms with Crippen molar-refractivity contribution in [2.24, 2.45) is 7.05 Å². The largest absolute Gasteiger partial charge is 0.507 e. The summed E-state index contributed by atoms with van der Waals surface area (Å²) in [6, 6.07) is 2.66. The molecule has 0 atom stereocenters. The maximum atomic E-state index is 13.1. The molecule has 0 aliphatic heterocycles. The van der Waals surface area contributed by atoms with Gasteiger partial charge in [-0.15, -0.1) is 0 Å². The summed E-state index contributed by atoms with van der Waals surface area (Å²) in [6.07, 6.45) is -15.2. The summed E-state index contributed by atoms with van der Waals surface area (Å²) in [5.74, 6) is -1.95. The van der Waals surface area contributed by atoms with Gasteiger partial charge >= 0.3 is 18.5 Å². The summed E-state index contributed by atoms with van der Waals surface area (Å²) in [7, 11) is 0.951. The van der Waals surface area contributed by atoms with Gasteiger partial charge in [0.2, 0.25) is 0 Å². The van der Waals surface area contributed by atoms with E-state index in [1.54, 1.807) is 0 Å². The van der Waals surface area contributed by atoms with E-state index < -0.39 is 69.2 Å². The first-order chi connectivity index (χ1) is 14.5. The Morgan fingerprint density at radius 1 is 0.750 bits per heavy atom. The molecule has 0 bridgehead atoms. The first kappa shape index (κ1) is 23.3. The van der Waals surface area contributed by atoms with Crippen LogP contribution in [-0.2, 0) is 25.6 Å². The predicted molar refractivity (Wildman–Crippen MR) is 92.4 cm³/mol. The molecule has 0 aliphatic carbocycles. The van der Waals surface area contributed by atoms with Crippen molar-refractivity contribution in [1.29, 1.82) is 0 Å². The SMILES string of the molecule is Cn1nc(-c2ccc(O)c(-c3cc(C(F)(F)F)cc(C(F)(F)F)c3)c2O)cc1C(F)(F)F. The van der Waals surface area contributed by atoms with E-state index in [1.807, 2.05) is 0 Å². The van der Waals surface area contributed by atoms with Crippen molar-refractivity contribution in [1.82, 2.24) is 9.78 Å². The molecule has 0 saturated heterocycles. The van der Waals surface area contributed by atoms with Crippen LogP contribution in [0.25, 0.3) is 22.4 Å². The lowest BCUT2D eigenvalue weighted by molar-refractivity contribution is -0.144. The molecule has 1 heterocycles. The van der Waals surface area contributed by atoms with Crippen LogP contribution >= 0.6 is 0 Å². The average molecular weight is 470 g/mol. The minimum Gasteiger partial charge on any atom is -0.507 e. The Morgan fingerprint density at radius 3 is 1.72 bits per heavy atom. The van der Waals surface area contributed by atoms with Crippen molar-refractivity contribution < 1.29 is 49.7 Å². The number of aryl methyl sites for hydroxylation is 1. The average Bonchev–Trinajstić information content (AvgIpc) is 3.02. The van der Waals surface area contributed by atoms with Gasteiger partial charge in [-0.05, 0) is 42.0 Å². The zero-order valence-electron chi connectivity index (χ0n) is 15.7. The number of nitrogens with zero attached hydrogens (tertiary/aromatic N) is 2. The van der Waals surface area contributed by atoms with E-state index in [1.165, 1.54) is 0 Å². The quantitative estimate of drug-likeness (QED) is 0.437. The van der Waals surface area contributed by atoms with Crippen LogP contribution in [0.5, 0.6) is 11.5 Å². The van der Waals surface area contributed by atoms with E-state index in [9.17, 15) is 49.7 Å². The van der Waals surface area contributed by atoms with Gasteiger partial charge in [-0.1, -0.05) is 0 Å². The van der Waals surface area contributed by atoms with Crippen molar-refractivity contribution >= 4 is 0 Å². The summed E-state index contributed by atoms with van der Waals surface area (Å²) in [4.78, 5) is 0. The Labute approximate surface area is 173 Å². The number of benzene rings is 2. The summed E-state index contributed by atoms with van der Waals surface area (Å²) in [6.45, 7) is 0. The molecule has 0 radical (unpaired) electrons. The van der Waals surface area contributed by atoms with Crippen molar-refractivity contribution in [3.8, 4) is 33.9 Å². The number of phenolic OH excluding ortho intramolecular Hbond substituents is 2. The second-order valence-corrected chi connectivity index (χ2v) is 6.69. The van der Waals surface area contributed by atoms with Crippen LogP contribution < -0.4 is 0 Å². The third-order valence-corrected chi connectivity index (χ3v) is 4.48. The predicted octanol–water partition coefficient (Wildman–Crippen LogP) is 6.22. The molecule has 0 spiro atoms. The summed E-state index contributed by atoms with van der Waals surface area (Å²) in [5.41, 5.74) is -7.24. The maximum Gasteiger partial charge on any atom is 0.433 e. The summed E-state index contributed by atoms with van der Waals surface area (Å²) < 4.78 is 118. The van der Waals surface area contributed by atoms with Gasteiger partial charge in [0.05, 0.1) is 22.4 Å². The number of phenols is 2. The highest BCUT2D eigenvalue weighted by atomic mass is 19.4. The fourth-order valence-electron chi connectivity index (χ4n) is 3.04. The molecule has 13 heteroatoms. The van der Waals surface area contributed by atoms with Crippen molar-refractivity contribution in [2.45, 2.75) is 18.5 Å². The molecule has 2 aromatic carbocycles. The summed E-state index contributed by atoms with van der Waals surface area (Å²) in [5, 5.41) is 24.2. The first-order valence-electron chi connectivity index (χ1n) is 8.46. The molecular weight excluding hydrogens is 459 g/mol. The molecule has 4 nitrogen and oxygen atoms in total. The van der Waals surface area contributed by atoms with Gasteiger partial charge in [0.15, 0.2) is 0 Å². The molecule has 0 fully saturated rings. The van der Waals surface area contributed by atoms with Gasteiger partial charge in [-0.3, -0.25) is 4.68 Å². The molecule has 0 unspecified atom stereocenters. The number of alkyl halides is 9. The Morgan fingerprint density at radius 2 is 1.28 bits per heavy atom. The highest BCUT2D eigenvalue weighted by Crippen LogP contribution is 2.47. The van der Waals surface area contributed by atoms with Crippen molar-refractivity contribution in [3.05, 3.63) is 53.2 Å². The zero-order valence-corrected chi connectivity index (χ0v) is 15.7. The van der Waals surface area contributed by atoms with Crippen molar-refractivity contribution in [2.75, 3.05) is 0 Å². The Hall–Kier alpha value is -3.38. The van der Waals surface area contributed by atoms with Crippen LogP contribution in [0.2, 0.25) is 0 Å². The van der Waals surface area contributed by atoms with Gasteiger partial charge in [-0.2, -0.15) is 44.6 Å². The molecule has 0 amide bonds. The summed E-state index contributed by atoms with van der Waals surface area (Å²) >= 11 is 0. The maximum absolute atomic E-state index is 13.1. The molecule has 2 N–H and O–H groups in total. The standard InChI is InChI=1S/C19H11F9N2O2/c1-30-14(19(26,27)28)7-12(29-30)11-2-3-13(31)15(16(11)32)8-4-9(17(20,21)22)6-10(5-8)18(23,24)25/h2-7,31-32H,1H3. The van der Waals surface area contributed by atoms with E-state index in [4.69, 9.17) is 0 Å². The van der Waals surface area contributed by atoms with Crippen molar-refractivity contribution in [3.63, 3.8) is 0 Å². The molecular formula is C19H11F9N2O2. The van der Waals surface area contributed by atoms with Crippen LogP contribution in [0.1, 0.15) is 16.8 Å².